The number of aryl methyl sites for hydroxylation is 3. The zero-order valence-electron chi connectivity index (χ0n) is 11.0. The van der Waals surface area contributed by atoms with Gasteiger partial charge in [0, 0.05) is 15.4 Å². The Kier molecular flexibility index (Phi) is 3.63. The Morgan fingerprint density at radius 2 is 2.11 bits per heavy atom. The van der Waals surface area contributed by atoms with Gasteiger partial charge in [0.15, 0.2) is 0 Å². The molecule has 4 nitrogen and oxygen atoms in total. The number of aromatic nitrogens is 1. The first-order chi connectivity index (χ1) is 9.02. The fourth-order valence-corrected chi connectivity index (χ4v) is 2.54. The molecule has 0 aliphatic heterocycles. The highest BCUT2D eigenvalue weighted by Crippen LogP contribution is 2.12. The summed E-state index contributed by atoms with van der Waals surface area (Å²) < 4.78 is 1.26. The third kappa shape index (κ3) is 2.64. The van der Waals surface area contributed by atoms with Gasteiger partial charge in [0.1, 0.15) is 11.6 Å². The highest BCUT2D eigenvalue weighted by molar-refractivity contribution is 7.13. The van der Waals surface area contributed by atoms with Crippen molar-refractivity contribution in [3.63, 3.8) is 0 Å². The van der Waals surface area contributed by atoms with Crippen LogP contribution in [0, 0.1) is 32.1 Å². The molecule has 0 aliphatic rings. The van der Waals surface area contributed by atoms with Gasteiger partial charge in [0.2, 0.25) is 0 Å². The van der Waals surface area contributed by atoms with Crippen LogP contribution in [0.5, 0.6) is 0 Å². The molecule has 0 radical (unpaired) electrons. The molecular weight excluding hydrogens is 258 g/mol. The Labute approximate surface area is 115 Å². The summed E-state index contributed by atoms with van der Waals surface area (Å²) in [6.07, 6.45) is 1.64. The largest absolute Gasteiger partial charge is 0.289 e. The lowest BCUT2D eigenvalue weighted by molar-refractivity contribution is 0.787. The van der Waals surface area contributed by atoms with Gasteiger partial charge in [0.25, 0.3) is 5.56 Å². The molecule has 0 aromatic carbocycles. The van der Waals surface area contributed by atoms with E-state index in [-0.39, 0.29) is 11.1 Å². The molecule has 2 rings (SSSR count). The van der Waals surface area contributed by atoms with Gasteiger partial charge >= 0.3 is 0 Å². The second-order valence-electron chi connectivity index (χ2n) is 4.27. The lowest BCUT2D eigenvalue weighted by atomic mass is 10.1. The van der Waals surface area contributed by atoms with Crippen molar-refractivity contribution in [2.24, 2.45) is 5.10 Å². The van der Waals surface area contributed by atoms with Crippen LogP contribution in [0.1, 0.15) is 26.6 Å². The summed E-state index contributed by atoms with van der Waals surface area (Å²) in [6.45, 7) is 5.56. The highest BCUT2D eigenvalue weighted by Gasteiger charge is 2.08. The van der Waals surface area contributed by atoms with E-state index in [1.54, 1.807) is 37.5 Å². The summed E-state index contributed by atoms with van der Waals surface area (Å²) in [5.74, 6) is 0. The van der Waals surface area contributed by atoms with Crippen molar-refractivity contribution in [1.82, 2.24) is 4.68 Å². The molecule has 96 valence electrons. The Morgan fingerprint density at radius 3 is 2.68 bits per heavy atom. The maximum absolute atomic E-state index is 12.1. The van der Waals surface area contributed by atoms with Crippen molar-refractivity contribution in [3.05, 3.63) is 55.1 Å². The average molecular weight is 271 g/mol. The van der Waals surface area contributed by atoms with Gasteiger partial charge in [-0.25, -0.2) is 4.68 Å². The SMILES string of the molecule is Cc1ccc(/C=N/n2c(C)cc(C)c(C#N)c2=O)s1. The minimum absolute atomic E-state index is 0.144. The molecule has 0 spiro atoms. The maximum Gasteiger partial charge on any atom is 0.289 e. The standard InChI is InChI=1S/C14H13N3OS/c1-9-6-10(2)17(14(18)13(9)7-15)16-8-12-5-4-11(3)19-12/h4-6,8H,1-3H3/b16-8+. The number of hydrogen-bond donors (Lipinski definition) is 0. The Balaban J connectivity index is 2.49. The third-order valence-electron chi connectivity index (χ3n) is 2.73. The van der Waals surface area contributed by atoms with Crippen LogP contribution in [0.25, 0.3) is 0 Å². The summed E-state index contributed by atoms with van der Waals surface area (Å²) in [6, 6.07) is 7.66. The molecule has 2 heterocycles. The van der Waals surface area contributed by atoms with Crippen molar-refractivity contribution in [2.75, 3.05) is 0 Å². The molecule has 0 saturated heterocycles. The molecule has 2 aromatic rings. The Morgan fingerprint density at radius 1 is 1.37 bits per heavy atom. The smallest absolute Gasteiger partial charge is 0.266 e. The number of rotatable bonds is 2. The number of nitrogens with zero attached hydrogens (tertiary/aromatic N) is 3. The second kappa shape index (κ2) is 5.21. The van der Waals surface area contributed by atoms with E-state index in [1.807, 2.05) is 25.1 Å². The number of hydrogen-bond acceptors (Lipinski definition) is 4. The van der Waals surface area contributed by atoms with Gasteiger partial charge in [-0.2, -0.15) is 10.4 Å². The normalized spacial score (nSPS) is 10.8. The van der Waals surface area contributed by atoms with E-state index < -0.39 is 0 Å². The quantitative estimate of drug-likeness (QED) is 0.788. The minimum atomic E-state index is -0.371. The fraction of sp³-hybridized carbons (Fsp3) is 0.214. The van der Waals surface area contributed by atoms with Gasteiger partial charge in [0.05, 0.1) is 6.21 Å². The van der Waals surface area contributed by atoms with Gasteiger partial charge in [-0.15, -0.1) is 11.3 Å². The predicted molar refractivity (Wildman–Crippen MR) is 76.9 cm³/mol. The van der Waals surface area contributed by atoms with E-state index in [0.29, 0.717) is 11.3 Å². The molecule has 0 saturated carbocycles. The van der Waals surface area contributed by atoms with Gasteiger partial charge in [-0.05, 0) is 44.5 Å². The Hall–Kier alpha value is -2.19. The summed E-state index contributed by atoms with van der Waals surface area (Å²) >= 11 is 1.60. The van der Waals surface area contributed by atoms with E-state index in [0.717, 1.165) is 4.88 Å². The number of nitriles is 1. The molecule has 0 unspecified atom stereocenters. The summed E-state index contributed by atoms with van der Waals surface area (Å²) in [7, 11) is 0. The number of thiophene rings is 1. The molecule has 0 bridgehead atoms. The van der Waals surface area contributed by atoms with Crippen LogP contribution in [-0.2, 0) is 0 Å². The number of pyridine rings is 1. The van der Waals surface area contributed by atoms with Crippen molar-refractivity contribution >= 4 is 17.6 Å². The van der Waals surface area contributed by atoms with Gasteiger partial charge in [-0.3, -0.25) is 4.79 Å². The van der Waals surface area contributed by atoms with Crippen LogP contribution in [0.15, 0.2) is 28.1 Å². The molecular formula is C14H13N3OS. The average Bonchev–Trinajstić information content (AvgIpc) is 2.75. The molecule has 0 N–H and O–H groups in total. The van der Waals surface area contributed by atoms with Crippen LogP contribution in [0.4, 0.5) is 0 Å². The zero-order chi connectivity index (χ0) is 14.0. The minimum Gasteiger partial charge on any atom is -0.266 e. The lowest BCUT2D eigenvalue weighted by Crippen LogP contribution is -2.22. The van der Waals surface area contributed by atoms with E-state index in [9.17, 15) is 4.79 Å². The summed E-state index contributed by atoms with van der Waals surface area (Å²) in [4.78, 5) is 14.3. The first-order valence-corrected chi connectivity index (χ1v) is 6.58. The van der Waals surface area contributed by atoms with Crippen LogP contribution in [0.3, 0.4) is 0 Å². The monoisotopic (exact) mass is 271 g/mol. The summed E-state index contributed by atoms with van der Waals surface area (Å²) in [5.41, 5.74) is 1.17. The fourth-order valence-electron chi connectivity index (χ4n) is 1.80. The van der Waals surface area contributed by atoms with Crippen LogP contribution in [0.2, 0.25) is 0 Å². The highest BCUT2D eigenvalue weighted by atomic mass is 32.1. The van der Waals surface area contributed by atoms with Crippen molar-refractivity contribution in [3.8, 4) is 6.07 Å². The molecule has 0 fully saturated rings. The maximum atomic E-state index is 12.1. The van der Waals surface area contributed by atoms with E-state index in [2.05, 4.69) is 5.10 Å². The summed E-state index contributed by atoms with van der Waals surface area (Å²) in [5, 5.41) is 13.2. The lowest BCUT2D eigenvalue weighted by Gasteiger charge is -2.05. The van der Waals surface area contributed by atoms with Crippen molar-refractivity contribution in [1.29, 1.82) is 5.26 Å². The molecule has 0 atom stereocenters. The van der Waals surface area contributed by atoms with E-state index in [1.165, 1.54) is 9.55 Å². The first-order valence-electron chi connectivity index (χ1n) is 5.77. The molecule has 0 amide bonds. The third-order valence-corrected chi connectivity index (χ3v) is 3.67. The van der Waals surface area contributed by atoms with Crippen LogP contribution in [-0.4, -0.2) is 10.9 Å². The van der Waals surface area contributed by atoms with Crippen LogP contribution < -0.4 is 5.56 Å². The zero-order valence-corrected chi connectivity index (χ0v) is 11.8. The predicted octanol–water partition coefficient (Wildman–Crippen LogP) is 2.59. The van der Waals surface area contributed by atoms with Crippen LogP contribution >= 0.6 is 11.3 Å². The molecule has 5 heteroatoms. The van der Waals surface area contributed by atoms with Crippen molar-refractivity contribution < 1.29 is 0 Å². The van der Waals surface area contributed by atoms with E-state index >= 15 is 0 Å². The Bertz CT molecular complexity index is 747. The second-order valence-corrected chi connectivity index (χ2v) is 5.58. The molecule has 19 heavy (non-hydrogen) atoms. The van der Waals surface area contributed by atoms with Gasteiger partial charge < -0.3 is 0 Å². The topological polar surface area (TPSA) is 58.1 Å². The molecule has 2 aromatic heterocycles. The van der Waals surface area contributed by atoms with Gasteiger partial charge in [-0.1, -0.05) is 0 Å². The first kappa shape index (κ1) is 13.2. The van der Waals surface area contributed by atoms with Crippen molar-refractivity contribution in [2.45, 2.75) is 20.8 Å². The van der Waals surface area contributed by atoms with E-state index in [4.69, 9.17) is 5.26 Å². The molecule has 0 aliphatic carbocycles.